The first-order chi connectivity index (χ1) is 12.0. The number of benzene rings is 2. The lowest BCUT2D eigenvalue weighted by Crippen LogP contribution is -2.01. The van der Waals surface area contributed by atoms with Crippen molar-refractivity contribution >= 4 is 23.3 Å². The maximum Gasteiger partial charge on any atom is 0.336 e. The normalized spacial score (nSPS) is 11.2. The van der Waals surface area contributed by atoms with Crippen molar-refractivity contribution in [2.45, 2.75) is 20.3 Å². The van der Waals surface area contributed by atoms with Gasteiger partial charge in [-0.2, -0.15) is 0 Å². The Hall–Kier alpha value is -2.95. The number of nitrogen functional groups attached to an aromatic ring is 1. The van der Waals surface area contributed by atoms with Crippen molar-refractivity contribution in [3.05, 3.63) is 53.6 Å². The molecular formula is C20H23NO4. The molecule has 0 bridgehead atoms. The van der Waals surface area contributed by atoms with E-state index >= 15 is 0 Å². The van der Waals surface area contributed by atoms with E-state index in [1.807, 2.05) is 19.9 Å². The van der Waals surface area contributed by atoms with Crippen LogP contribution >= 0.6 is 0 Å². The Kier molecular flexibility index (Phi) is 6.46. The van der Waals surface area contributed by atoms with Gasteiger partial charge in [-0.15, -0.1) is 0 Å². The minimum absolute atomic E-state index is 0.185. The van der Waals surface area contributed by atoms with Crippen LogP contribution < -0.4 is 15.2 Å². The zero-order chi connectivity index (χ0) is 18.2. The molecule has 0 atom stereocenters. The number of hydrogen-bond donors (Lipinski definition) is 2. The SMILES string of the molecule is CCCOc1ccc(/C=C(\C(=O)O)c2ccc(N)cc2)cc1OCC. The van der Waals surface area contributed by atoms with E-state index in [-0.39, 0.29) is 5.57 Å². The second-order valence-electron chi connectivity index (χ2n) is 5.47. The summed E-state index contributed by atoms with van der Waals surface area (Å²) >= 11 is 0. The van der Waals surface area contributed by atoms with E-state index in [0.29, 0.717) is 36.0 Å². The van der Waals surface area contributed by atoms with Crippen LogP contribution in [0.15, 0.2) is 42.5 Å². The van der Waals surface area contributed by atoms with Gasteiger partial charge in [0.05, 0.1) is 18.8 Å². The lowest BCUT2D eigenvalue weighted by atomic mass is 10.0. The number of ether oxygens (including phenoxy) is 2. The van der Waals surface area contributed by atoms with Gasteiger partial charge in [0.1, 0.15) is 0 Å². The first kappa shape index (κ1) is 18.4. The molecule has 0 radical (unpaired) electrons. The molecule has 0 aromatic heterocycles. The van der Waals surface area contributed by atoms with E-state index in [1.54, 1.807) is 42.5 Å². The number of anilines is 1. The van der Waals surface area contributed by atoms with Crippen molar-refractivity contribution < 1.29 is 19.4 Å². The Morgan fingerprint density at radius 3 is 2.40 bits per heavy atom. The molecule has 0 spiro atoms. The molecule has 0 amide bonds. The quantitative estimate of drug-likeness (QED) is 0.429. The summed E-state index contributed by atoms with van der Waals surface area (Å²) in [5.41, 5.74) is 7.75. The van der Waals surface area contributed by atoms with E-state index in [0.717, 1.165) is 12.0 Å². The van der Waals surface area contributed by atoms with Crippen LogP contribution in [-0.4, -0.2) is 24.3 Å². The predicted octanol–water partition coefficient (Wildman–Crippen LogP) is 4.08. The second kappa shape index (κ2) is 8.78. The van der Waals surface area contributed by atoms with Gasteiger partial charge in [0.15, 0.2) is 11.5 Å². The van der Waals surface area contributed by atoms with Gasteiger partial charge >= 0.3 is 5.97 Å². The van der Waals surface area contributed by atoms with Crippen molar-refractivity contribution in [2.24, 2.45) is 0 Å². The molecular weight excluding hydrogens is 318 g/mol. The molecule has 0 fully saturated rings. The summed E-state index contributed by atoms with van der Waals surface area (Å²) in [4.78, 5) is 11.7. The average Bonchev–Trinajstić information content (AvgIpc) is 2.60. The largest absolute Gasteiger partial charge is 0.490 e. The highest BCUT2D eigenvalue weighted by Crippen LogP contribution is 2.30. The van der Waals surface area contributed by atoms with Crippen LogP contribution in [0.1, 0.15) is 31.4 Å². The van der Waals surface area contributed by atoms with Gasteiger partial charge in [0, 0.05) is 5.69 Å². The average molecular weight is 341 g/mol. The monoisotopic (exact) mass is 341 g/mol. The second-order valence-corrected chi connectivity index (χ2v) is 5.47. The molecule has 0 saturated carbocycles. The van der Waals surface area contributed by atoms with Crippen LogP contribution in [0.4, 0.5) is 5.69 Å². The molecule has 0 unspecified atom stereocenters. The maximum absolute atomic E-state index is 11.7. The van der Waals surface area contributed by atoms with Gasteiger partial charge in [-0.05, 0) is 54.8 Å². The standard InChI is InChI=1S/C20H23NO4/c1-3-11-25-18-10-5-14(13-19(18)24-4-2)12-17(20(22)23)15-6-8-16(21)9-7-15/h5-10,12-13H,3-4,11,21H2,1-2H3,(H,22,23)/b17-12-. The minimum Gasteiger partial charge on any atom is -0.490 e. The zero-order valence-corrected chi connectivity index (χ0v) is 14.5. The van der Waals surface area contributed by atoms with E-state index in [9.17, 15) is 9.90 Å². The number of carboxylic acids is 1. The van der Waals surface area contributed by atoms with Crippen LogP contribution in [-0.2, 0) is 4.79 Å². The highest BCUT2D eigenvalue weighted by molar-refractivity contribution is 6.20. The van der Waals surface area contributed by atoms with Crippen LogP contribution in [0, 0.1) is 0 Å². The third-order valence-corrected chi connectivity index (χ3v) is 3.49. The molecule has 0 heterocycles. The number of aliphatic carboxylic acids is 1. The number of carbonyl (C=O) groups is 1. The molecule has 0 aliphatic rings. The third-order valence-electron chi connectivity index (χ3n) is 3.49. The molecule has 0 saturated heterocycles. The van der Waals surface area contributed by atoms with Gasteiger partial charge in [-0.3, -0.25) is 0 Å². The summed E-state index contributed by atoms with van der Waals surface area (Å²) in [5, 5.41) is 9.55. The van der Waals surface area contributed by atoms with Gasteiger partial charge in [-0.25, -0.2) is 4.79 Å². The number of hydrogen-bond acceptors (Lipinski definition) is 4. The van der Waals surface area contributed by atoms with Crippen LogP contribution in [0.3, 0.4) is 0 Å². The molecule has 0 aliphatic heterocycles. The Bertz CT molecular complexity index is 751. The molecule has 2 aromatic carbocycles. The first-order valence-corrected chi connectivity index (χ1v) is 8.25. The maximum atomic E-state index is 11.7. The smallest absolute Gasteiger partial charge is 0.336 e. The van der Waals surface area contributed by atoms with Crippen LogP contribution in [0.25, 0.3) is 11.6 Å². The van der Waals surface area contributed by atoms with Crippen molar-refractivity contribution in [3.63, 3.8) is 0 Å². The fourth-order valence-electron chi connectivity index (χ4n) is 2.31. The van der Waals surface area contributed by atoms with E-state index in [2.05, 4.69) is 0 Å². The first-order valence-electron chi connectivity index (χ1n) is 8.25. The number of nitrogens with two attached hydrogens (primary N) is 1. The number of rotatable bonds is 8. The zero-order valence-electron chi connectivity index (χ0n) is 14.5. The summed E-state index contributed by atoms with van der Waals surface area (Å²) in [7, 11) is 0. The Morgan fingerprint density at radius 1 is 1.08 bits per heavy atom. The molecule has 3 N–H and O–H groups in total. The molecule has 132 valence electrons. The fourth-order valence-corrected chi connectivity index (χ4v) is 2.31. The Balaban J connectivity index is 2.40. The van der Waals surface area contributed by atoms with Crippen molar-refractivity contribution in [3.8, 4) is 11.5 Å². The van der Waals surface area contributed by atoms with Crippen LogP contribution in [0.2, 0.25) is 0 Å². The summed E-state index contributed by atoms with van der Waals surface area (Å²) in [6.45, 7) is 5.02. The van der Waals surface area contributed by atoms with E-state index in [1.165, 1.54) is 0 Å². The molecule has 2 aromatic rings. The molecule has 2 rings (SSSR count). The van der Waals surface area contributed by atoms with Gasteiger partial charge in [0.25, 0.3) is 0 Å². The van der Waals surface area contributed by atoms with Gasteiger partial charge in [-0.1, -0.05) is 25.1 Å². The van der Waals surface area contributed by atoms with E-state index in [4.69, 9.17) is 15.2 Å². The topological polar surface area (TPSA) is 81.8 Å². The van der Waals surface area contributed by atoms with Gasteiger partial charge in [0.2, 0.25) is 0 Å². The summed E-state index contributed by atoms with van der Waals surface area (Å²) in [5.74, 6) is 0.256. The van der Waals surface area contributed by atoms with Gasteiger partial charge < -0.3 is 20.3 Å². The molecule has 25 heavy (non-hydrogen) atoms. The van der Waals surface area contributed by atoms with Crippen LogP contribution in [0.5, 0.6) is 11.5 Å². The lowest BCUT2D eigenvalue weighted by Gasteiger charge is -2.12. The van der Waals surface area contributed by atoms with Crippen molar-refractivity contribution in [1.82, 2.24) is 0 Å². The minimum atomic E-state index is -1.01. The predicted molar refractivity (Wildman–Crippen MR) is 99.8 cm³/mol. The van der Waals surface area contributed by atoms with Crippen molar-refractivity contribution in [1.29, 1.82) is 0 Å². The molecule has 0 aliphatic carbocycles. The fraction of sp³-hybridized carbons (Fsp3) is 0.250. The summed E-state index contributed by atoms with van der Waals surface area (Å²) in [6.07, 6.45) is 2.51. The summed E-state index contributed by atoms with van der Waals surface area (Å²) < 4.78 is 11.3. The Morgan fingerprint density at radius 2 is 1.80 bits per heavy atom. The number of carboxylic acid groups (broad SMARTS) is 1. The van der Waals surface area contributed by atoms with Crippen molar-refractivity contribution in [2.75, 3.05) is 18.9 Å². The highest BCUT2D eigenvalue weighted by atomic mass is 16.5. The Labute approximate surface area is 147 Å². The lowest BCUT2D eigenvalue weighted by molar-refractivity contribution is -0.130. The third kappa shape index (κ3) is 5.01. The molecule has 5 heteroatoms. The molecule has 5 nitrogen and oxygen atoms in total. The van der Waals surface area contributed by atoms with E-state index < -0.39 is 5.97 Å². The summed E-state index contributed by atoms with van der Waals surface area (Å²) in [6, 6.07) is 12.1. The highest BCUT2D eigenvalue weighted by Gasteiger charge is 2.12.